The van der Waals surface area contributed by atoms with Gasteiger partial charge in [0, 0.05) is 18.3 Å². The van der Waals surface area contributed by atoms with Crippen LogP contribution in [0.5, 0.6) is 0 Å². The van der Waals surface area contributed by atoms with Crippen molar-refractivity contribution in [2.24, 2.45) is 0 Å². The predicted octanol–water partition coefficient (Wildman–Crippen LogP) is 2.81. The maximum atomic E-state index is 11.5. The molecule has 0 aliphatic heterocycles. The average molecular weight is 228 g/mol. The van der Waals surface area contributed by atoms with E-state index < -0.39 is 0 Å². The van der Waals surface area contributed by atoms with E-state index >= 15 is 0 Å². The zero-order valence-corrected chi connectivity index (χ0v) is 9.62. The fraction of sp³-hybridized carbons (Fsp3) is 0.364. The van der Waals surface area contributed by atoms with Gasteiger partial charge in [-0.25, -0.2) is 4.79 Å². The number of nitrogens with zero attached hydrogens (tertiary/aromatic N) is 1. The molecule has 0 bridgehead atoms. The molecular formula is C11H14ClNO2. The quantitative estimate of drug-likeness (QED) is 0.741. The van der Waals surface area contributed by atoms with E-state index in [9.17, 15) is 4.79 Å². The lowest BCUT2D eigenvalue weighted by Gasteiger charge is -2.08. The van der Waals surface area contributed by atoms with Crippen LogP contribution in [0.2, 0.25) is 0 Å². The van der Waals surface area contributed by atoms with E-state index in [1.807, 2.05) is 23.8 Å². The molecule has 1 heterocycles. The molecule has 1 rings (SSSR count). The average Bonchev–Trinajstić information content (AvgIpc) is 2.66. The van der Waals surface area contributed by atoms with Gasteiger partial charge in [-0.3, -0.25) is 0 Å². The summed E-state index contributed by atoms with van der Waals surface area (Å²) in [6, 6.07) is 3.55. The number of esters is 1. The number of carbonyl (C=O) groups is 1. The van der Waals surface area contributed by atoms with Crippen LogP contribution in [-0.4, -0.2) is 17.1 Å². The van der Waals surface area contributed by atoms with Crippen molar-refractivity contribution in [2.75, 3.05) is 6.61 Å². The molecule has 0 saturated carbocycles. The van der Waals surface area contributed by atoms with Gasteiger partial charge >= 0.3 is 5.97 Å². The molecule has 1 aromatic rings. The Morgan fingerprint density at radius 3 is 3.00 bits per heavy atom. The Kier molecular flexibility index (Phi) is 4.43. The van der Waals surface area contributed by atoms with Crippen LogP contribution in [0.25, 0.3) is 0 Å². The van der Waals surface area contributed by atoms with Crippen LogP contribution in [-0.2, 0) is 11.3 Å². The first-order chi connectivity index (χ1) is 7.19. The molecule has 1 aromatic heterocycles. The summed E-state index contributed by atoms with van der Waals surface area (Å²) in [6.07, 6.45) is 1.83. The van der Waals surface area contributed by atoms with E-state index in [1.54, 1.807) is 13.0 Å². The SMILES string of the molecule is CCOC(=O)c1cccn1C/C(C)=C/Cl. The summed E-state index contributed by atoms with van der Waals surface area (Å²) in [4.78, 5) is 11.5. The normalized spacial score (nSPS) is 11.5. The topological polar surface area (TPSA) is 31.2 Å². The summed E-state index contributed by atoms with van der Waals surface area (Å²) in [7, 11) is 0. The van der Waals surface area contributed by atoms with Crippen molar-refractivity contribution >= 4 is 17.6 Å². The van der Waals surface area contributed by atoms with Gasteiger partial charge < -0.3 is 9.30 Å². The lowest BCUT2D eigenvalue weighted by molar-refractivity contribution is 0.0514. The van der Waals surface area contributed by atoms with Crippen LogP contribution in [0.4, 0.5) is 0 Å². The third kappa shape index (κ3) is 3.13. The zero-order chi connectivity index (χ0) is 11.3. The minimum atomic E-state index is -0.301. The van der Waals surface area contributed by atoms with E-state index in [-0.39, 0.29) is 5.97 Å². The van der Waals surface area contributed by atoms with Crippen LogP contribution in [0.3, 0.4) is 0 Å². The monoisotopic (exact) mass is 227 g/mol. The molecule has 3 nitrogen and oxygen atoms in total. The molecule has 0 spiro atoms. The Morgan fingerprint density at radius 1 is 1.67 bits per heavy atom. The Bertz CT molecular complexity index is 368. The molecule has 0 atom stereocenters. The number of rotatable bonds is 4. The minimum Gasteiger partial charge on any atom is -0.461 e. The summed E-state index contributed by atoms with van der Waals surface area (Å²) in [5.74, 6) is -0.301. The third-order valence-corrected chi connectivity index (χ3v) is 2.29. The van der Waals surface area contributed by atoms with Crippen molar-refractivity contribution in [3.05, 3.63) is 35.1 Å². The van der Waals surface area contributed by atoms with Crippen LogP contribution in [0.1, 0.15) is 24.3 Å². The second kappa shape index (κ2) is 5.61. The third-order valence-electron chi connectivity index (χ3n) is 1.92. The molecule has 0 aliphatic carbocycles. The smallest absolute Gasteiger partial charge is 0.354 e. The predicted molar refractivity (Wildman–Crippen MR) is 60.0 cm³/mol. The Hall–Kier alpha value is -1.22. The van der Waals surface area contributed by atoms with Gasteiger partial charge in [0.05, 0.1) is 6.61 Å². The van der Waals surface area contributed by atoms with Gasteiger partial charge in [-0.2, -0.15) is 0 Å². The molecule has 0 saturated heterocycles. The Balaban J connectivity index is 2.82. The highest BCUT2D eigenvalue weighted by Crippen LogP contribution is 2.08. The number of allylic oxidation sites excluding steroid dienone is 1. The van der Waals surface area contributed by atoms with Crippen LogP contribution in [0.15, 0.2) is 29.4 Å². The lowest BCUT2D eigenvalue weighted by atomic mass is 10.3. The first-order valence-corrected chi connectivity index (χ1v) is 5.20. The number of hydrogen-bond donors (Lipinski definition) is 0. The number of halogens is 1. The highest BCUT2D eigenvalue weighted by atomic mass is 35.5. The maximum absolute atomic E-state index is 11.5. The number of hydrogen-bond acceptors (Lipinski definition) is 2. The van der Waals surface area contributed by atoms with Crippen molar-refractivity contribution in [3.63, 3.8) is 0 Å². The van der Waals surface area contributed by atoms with Crippen LogP contribution < -0.4 is 0 Å². The number of ether oxygens (including phenoxy) is 1. The molecule has 4 heteroatoms. The molecule has 0 fully saturated rings. The summed E-state index contributed by atoms with van der Waals surface area (Å²) < 4.78 is 6.74. The van der Waals surface area contributed by atoms with Gasteiger partial charge in [0.15, 0.2) is 0 Å². The standard InChI is InChI=1S/C11H14ClNO2/c1-3-15-11(14)10-5-4-6-13(10)8-9(2)7-12/h4-7H,3,8H2,1-2H3/b9-7+. The van der Waals surface area contributed by atoms with Gasteiger partial charge in [0.1, 0.15) is 5.69 Å². The van der Waals surface area contributed by atoms with Gasteiger partial charge in [0.25, 0.3) is 0 Å². The second-order valence-corrected chi connectivity index (χ2v) is 3.42. The summed E-state index contributed by atoms with van der Waals surface area (Å²) in [5, 5.41) is 0. The largest absolute Gasteiger partial charge is 0.461 e. The zero-order valence-electron chi connectivity index (χ0n) is 8.87. The second-order valence-electron chi connectivity index (χ2n) is 3.20. The van der Waals surface area contributed by atoms with Gasteiger partial charge in [-0.05, 0) is 31.6 Å². The van der Waals surface area contributed by atoms with Crippen molar-refractivity contribution in [1.82, 2.24) is 4.57 Å². The first kappa shape index (κ1) is 11.9. The lowest BCUT2D eigenvalue weighted by Crippen LogP contribution is -2.12. The molecule has 0 aromatic carbocycles. The molecule has 0 aliphatic rings. The molecule has 82 valence electrons. The summed E-state index contributed by atoms with van der Waals surface area (Å²) in [6.45, 7) is 4.68. The van der Waals surface area contributed by atoms with Crippen LogP contribution in [0, 0.1) is 0 Å². The van der Waals surface area contributed by atoms with Crippen molar-refractivity contribution in [3.8, 4) is 0 Å². The highest BCUT2D eigenvalue weighted by molar-refractivity contribution is 6.25. The van der Waals surface area contributed by atoms with E-state index in [0.29, 0.717) is 18.8 Å². The summed E-state index contributed by atoms with van der Waals surface area (Å²) in [5.41, 5.74) is 3.04. The first-order valence-electron chi connectivity index (χ1n) is 4.77. The fourth-order valence-corrected chi connectivity index (χ4v) is 1.31. The van der Waals surface area contributed by atoms with Crippen LogP contribution >= 0.6 is 11.6 Å². The Labute approximate surface area is 94.3 Å². The molecule has 0 amide bonds. The highest BCUT2D eigenvalue weighted by Gasteiger charge is 2.11. The van der Waals surface area contributed by atoms with Gasteiger partial charge in [-0.15, -0.1) is 0 Å². The van der Waals surface area contributed by atoms with E-state index in [0.717, 1.165) is 5.57 Å². The fourth-order valence-electron chi connectivity index (χ4n) is 1.25. The molecule has 15 heavy (non-hydrogen) atoms. The molecule has 0 radical (unpaired) electrons. The Morgan fingerprint density at radius 2 is 2.40 bits per heavy atom. The van der Waals surface area contributed by atoms with Gasteiger partial charge in [-0.1, -0.05) is 11.6 Å². The molecule has 0 unspecified atom stereocenters. The van der Waals surface area contributed by atoms with E-state index in [4.69, 9.17) is 16.3 Å². The van der Waals surface area contributed by atoms with E-state index in [1.165, 1.54) is 5.54 Å². The molecule has 0 N–H and O–H groups in total. The number of carbonyl (C=O) groups excluding carboxylic acids is 1. The van der Waals surface area contributed by atoms with Gasteiger partial charge in [0.2, 0.25) is 0 Å². The maximum Gasteiger partial charge on any atom is 0.354 e. The minimum absolute atomic E-state index is 0.301. The van der Waals surface area contributed by atoms with Crippen molar-refractivity contribution in [2.45, 2.75) is 20.4 Å². The van der Waals surface area contributed by atoms with E-state index in [2.05, 4.69) is 0 Å². The number of aromatic nitrogens is 1. The van der Waals surface area contributed by atoms with Crippen molar-refractivity contribution in [1.29, 1.82) is 0 Å². The van der Waals surface area contributed by atoms with Crippen molar-refractivity contribution < 1.29 is 9.53 Å². The molecular weight excluding hydrogens is 214 g/mol. The summed E-state index contributed by atoms with van der Waals surface area (Å²) >= 11 is 5.57.